The van der Waals surface area contributed by atoms with Crippen LogP contribution in [0.4, 0.5) is 0 Å². The van der Waals surface area contributed by atoms with Gasteiger partial charge in [0, 0.05) is 19.1 Å². The molecule has 1 aromatic carbocycles. The van der Waals surface area contributed by atoms with E-state index in [0.29, 0.717) is 6.04 Å². The summed E-state index contributed by atoms with van der Waals surface area (Å²) in [5, 5.41) is 3.43. The van der Waals surface area contributed by atoms with E-state index in [-0.39, 0.29) is 0 Å². The molecule has 0 atom stereocenters. The van der Waals surface area contributed by atoms with Crippen LogP contribution in [0.5, 0.6) is 5.75 Å². The van der Waals surface area contributed by atoms with Gasteiger partial charge >= 0.3 is 0 Å². The lowest BCUT2D eigenvalue weighted by atomic mass is 10.2. The predicted molar refractivity (Wildman–Crippen MR) is 84.2 cm³/mol. The maximum Gasteiger partial charge on any atom is 0.119 e. The summed E-state index contributed by atoms with van der Waals surface area (Å²) >= 11 is 0. The molecule has 0 unspecified atom stereocenters. The molecule has 3 nitrogen and oxygen atoms in total. The molecule has 1 aliphatic rings. The molecule has 0 saturated carbocycles. The minimum Gasteiger partial charge on any atom is -0.494 e. The molecule has 1 fully saturated rings. The molecule has 1 N–H and O–H groups in total. The second-order valence-corrected chi connectivity index (χ2v) is 5.93. The van der Waals surface area contributed by atoms with Crippen LogP contribution in [0.15, 0.2) is 24.3 Å². The molecule has 0 aliphatic carbocycles. The van der Waals surface area contributed by atoms with E-state index in [1.54, 1.807) is 0 Å². The standard InChI is InChI=1S/C17H28N2O/c1-15(2)18-14-16-7-5-8-17(13-16)20-12-6-11-19-9-3-4-10-19/h5,7-8,13,15,18H,3-4,6,9-12,14H2,1-2H3. The minimum atomic E-state index is 0.514. The average Bonchev–Trinajstić information content (AvgIpc) is 2.95. The number of nitrogens with one attached hydrogen (secondary N) is 1. The fraction of sp³-hybridized carbons (Fsp3) is 0.647. The summed E-state index contributed by atoms with van der Waals surface area (Å²) in [6.07, 6.45) is 3.85. The van der Waals surface area contributed by atoms with Crippen molar-refractivity contribution in [2.45, 2.75) is 45.7 Å². The lowest BCUT2D eigenvalue weighted by molar-refractivity contribution is 0.263. The molecule has 1 aromatic rings. The van der Waals surface area contributed by atoms with Crippen molar-refractivity contribution in [3.63, 3.8) is 0 Å². The first-order chi connectivity index (χ1) is 9.74. The van der Waals surface area contributed by atoms with E-state index in [4.69, 9.17) is 4.74 Å². The Morgan fingerprint density at radius 2 is 2.05 bits per heavy atom. The van der Waals surface area contributed by atoms with Crippen molar-refractivity contribution in [1.29, 1.82) is 0 Å². The third kappa shape index (κ3) is 5.51. The van der Waals surface area contributed by atoms with Gasteiger partial charge in [-0.15, -0.1) is 0 Å². The van der Waals surface area contributed by atoms with Gasteiger partial charge in [-0.25, -0.2) is 0 Å². The zero-order chi connectivity index (χ0) is 14.2. The van der Waals surface area contributed by atoms with Gasteiger partial charge < -0.3 is 15.0 Å². The van der Waals surface area contributed by atoms with E-state index in [0.717, 1.165) is 25.3 Å². The summed E-state index contributed by atoms with van der Waals surface area (Å²) in [6, 6.07) is 8.93. The van der Waals surface area contributed by atoms with E-state index in [1.165, 1.54) is 38.0 Å². The maximum atomic E-state index is 5.86. The summed E-state index contributed by atoms with van der Waals surface area (Å²) in [5.41, 5.74) is 1.29. The smallest absolute Gasteiger partial charge is 0.119 e. The summed E-state index contributed by atoms with van der Waals surface area (Å²) < 4.78 is 5.86. The first-order valence-electron chi connectivity index (χ1n) is 7.91. The van der Waals surface area contributed by atoms with Crippen molar-refractivity contribution in [1.82, 2.24) is 10.2 Å². The van der Waals surface area contributed by atoms with E-state index in [2.05, 4.69) is 48.3 Å². The van der Waals surface area contributed by atoms with Crippen molar-refractivity contribution in [2.75, 3.05) is 26.2 Å². The van der Waals surface area contributed by atoms with Gasteiger partial charge in [-0.05, 0) is 50.0 Å². The van der Waals surface area contributed by atoms with Gasteiger partial charge in [0.05, 0.1) is 6.61 Å². The molecule has 0 amide bonds. The van der Waals surface area contributed by atoms with E-state index in [9.17, 15) is 0 Å². The van der Waals surface area contributed by atoms with Crippen LogP contribution >= 0.6 is 0 Å². The topological polar surface area (TPSA) is 24.5 Å². The zero-order valence-corrected chi connectivity index (χ0v) is 12.9. The first kappa shape index (κ1) is 15.3. The fourth-order valence-electron chi connectivity index (χ4n) is 2.55. The van der Waals surface area contributed by atoms with Crippen LogP contribution in [-0.4, -0.2) is 37.2 Å². The molecule has 1 saturated heterocycles. The summed E-state index contributed by atoms with van der Waals surface area (Å²) in [5.74, 6) is 0.995. The average molecular weight is 276 g/mol. The molecular weight excluding hydrogens is 248 g/mol. The third-order valence-electron chi connectivity index (χ3n) is 3.70. The van der Waals surface area contributed by atoms with Crippen LogP contribution in [0, 0.1) is 0 Å². The Bertz CT molecular complexity index is 386. The third-order valence-corrected chi connectivity index (χ3v) is 3.70. The van der Waals surface area contributed by atoms with Gasteiger partial charge in [-0.1, -0.05) is 26.0 Å². The van der Waals surface area contributed by atoms with Crippen LogP contribution in [0.25, 0.3) is 0 Å². The second-order valence-electron chi connectivity index (χ2n) is 5.93. The Balaban J connectivity index is 1.67. The molecule has 0 radical (unpaired) electrons. The largest absolute Gasteiger partial charge is 0.494 e. The van der Waals surface area contributed by atoms with Gasteiger partial charge in [-0.2, -0.15) is 0 Å². The highest BCUT2D eigenvalue weighted by atomic mass is 16.5. The molecule has 1 aliphatic heterocycles. The van der Waals surface area contributed by atoms with Crippen LogP contribution in [0.2, 0.25) is 0 Å². The lowest BCUT2D eigenvalue weighted by Gasteiger charge is -2.15. The quantitative estimate of drug-likeness (QED) is 0.739. The molecule has 0 spiro atoms. The van der Waals surface area contributed by atoms with Crippen LogP contribution in [0.1, 0.15) is 38.7 Å². The molecule has 20 heavy (non-hydrogen) atoms. The molecule has 0 aromatic heterocycles. The highest BCUT2D eigenvalue weighted by Crippen LogP contribution is 2.14. The number of likely N-dealkylation sites (tertiary alicyclic amines) is 1. The Hall–Kier alpha value is -1.06. The number of nitrogens with zero attached hydrogens (tertiary/aromatic N) is 1. The Morgan fingerprint density at radius 3 is 2.80 bits per heavy atom. The molecule has 2 rings (SSSR count). The summed E-state index contributed by atoms with van der Waals surface area (Å²) in [7, 11) is 0. The highest BCUT2D eigenvalue weighted by Gasteiger charge is 2.10. The van der Waals surface area contributed by atoms with E-state index < -0.39 is 0 Å². The van der Waals surface area contributed by atoms with Crippen molar-refractivity contribution in [3.8, 4) is 5.75 Å². The minimum absolute atomic E-state index is 0.514. The SMILES string of the molecule is CC(C)NCc1cccc(OCCCN2CCCC2)c1. The van der Waals surface area contributed by atoms with E-state index in [1.807, 2.05) is 0 Å². The van der Waals surface area contributed by atoms with Crippen molar-refractivity contribution >= 4 is 0 Å². The van der Waals surface area contributed by atoms with E-state index >= 15 is 0 Å². The van der Waals surface area contributed by atoms with Crippen LogP contribution in [0.3, 0.4) is 0 Å². The zero-order valence-electron chi connectivity index (χ0n) is 12.9. The van der Waals surface area contributed by atoms with Gasteiger partial charge in [0.25, 0.3) is 0 Å². The van der Waals surface area contributed by atoms with Crippen molar-refractivity contribution in [3.05, 3.63) is 29.8 Å². The van der Waals surface area contributed by atoms with Gasteiger partial charge in [0.1, 0.15) is 5.75 Å². The van der Waals surface area contributed by atoms with Gasteiger partial charge in [0.2, 0.25) is 0 Å². The van der Waals surface area contributed by atoms with Gasteiger partial charge in [0.15, 0.2) is 0 Å². The molecule has 112 valence electrons. The number of ether oxygens (including phenoxy) is 1. The first-order valence-corrected chi connectivity index (χ1v) is 7.91. The molecule has 3 heteroatoms. The Kier molecular flexibility index (Phi) is 6.34. The highest BCUT2D eigenvalue weighted by molar-refractivity contribution is 5.28. The summed E-state index contributed by atoms with van der Waals surface area (Å²) in [6.45, 7) is 9.78. The fourth-order valence-corrected chi connectivity index (χ4v) is 2.55. The number of hydrogen-bond acceptors (Lipinski definition) is 3. The summed E-state index contributed by atoms with van der Waals surface area (Å²) in [4.78, 5) is 2.53. The van der Waals surface area contributed by atoms with Gasteiger partial charge in [-0.3, -0.25) is 0 Å². The molecule has 1 heterocycles. The number of rotatable bonds is 8. The molecular formula is C17H28N2O. The van der Waals surface area contributed by atoms with Crippen molar-refractivity contribution < 1.29 is 4.74 Å². The number of benzene rings is 1. The van der Waals surface area contributed by atoms with Crippen LogP contribution < -0.4 is 10.1 Å². The van der Waals surface area contributed by atoms with Crippen molar-refractivity contribution in [2.24, 2.45) is 0 Å². The number of hydrogen-bond donors (Lipinski definition) is 1. The van der Waals surface area contributed by atoms with Crippen LogP contribution in [-0.2, 0) is 6.54 Å². The molecule has 0 bridgehead atoms. The Morgan fingerprint density at radius 1 is 1.25 bits per heavy atom. The lowest BCUT2D eigenvalue weighted by Crippen LogP contribution is -2.22. The second kappa shape index (κ2) is 8.28. The predicted octanol–water partition coefficient (Wildman–Crippen LogP) is 3.05. The normalized spacial score (nSPS) is 15.9. The maximum absolute atomic E-state index is 5.86. The monoisotopic (exact) mass is 276 g/mol. The Labute approximate surface area is 123 Å².